The Balaban J connectivity index is 1.37. The molecule has 0 atom stereocenters. The highest BCUT2D eigenvalue weighted by molar-refractivity contribution is 5.80. The van der Waals surface area contributed by atoms with Gasteiger partial charge in [0.1, 0.15) is 0 Å². The van der Waals surface area contributed by atoms with Crippen LogP contribution in [-0.4, -0.2) is 59.6 Å². The van der Waals surface area contributed by atoms with Crippen molar-refractivity contribution in [1.29, 1.82) is 0 Å². The predicted octanol–water partition coefficient (Wildman–Crippen LogP) is 5.34. The normalized spacial score (nSPS) is 14.9. The number of nitrogens with zero attached hydrogens (tertiary/aromatic N) is 4. The van der Waals surface area contributed by atoms with Gasteiger partial charge in [0, 0.05) is 45.2 Å². The molecule has 6 nitrogen and oxygen atoms in total. The molecular weight excluding hydrogens is 458 g/mol. The summed E-state index contributed by atoms with van der Waals surface area (Å²) in [6.45, 7) is 17.5. The number of rotatable bonds is 11. The number of carbonyl (C=O) groups is 1. The van der Waals surface area contributed by atoms with Crippen molar-refractivity contribution < 1.29 is 4.79 Å². The van der Waals surface area contributed by atoms with Gasteiger partial charge in [-0.25, -0.2) is 4.98 Å². The summed E-state index contributed by atoms with van der Waals surface area (Å²) in [5.74, 6) is 2.57. The Labute approximate surface area is 223 Å². The molecule has 3 aromatic rings. The smallest absolute Gasteiger partial charge is 0.223 e. The summed E-state index contributed by atoms with van der Waals surface area (Å²) in [6.07, 6.45) is 1.72. The molecule has 2 heterocycles. The zero-order chi connectivity index (χ0) is 26.4. The number of anilines is 1. The molecule has 0 bridgehead atoms. The summed E-state index contributed by atoms with van der Waals surface area (Å²) >= 11 is 0. The standard InChI is InChI=1S/C31H45N5O/c1-23(2)20-34(21-24(3)4)19-16-32-30(37)26-14-17-35(18-15-26)31-33-28-12-8-9-13-29(28)36(31)22-27-11-7-6-10-25(27)5/h6-13,23-24,26H,14-22H2,1-5H3,(H,32,37). The maximum atomic E-state index is 13.0. The number of amides is 1. The van der Waals surface area contributed by atoms with Crippen molar-refractivity contribution in [2.24, 2.45) is 17.8 Å². The molecule has 200 valence electrons. The number of hydrogen-bond acceptors (Lipinski definition) is 4. The van der Waals surface area contributed by atoms with Gasteiger partial charge in [0.25, 0.3) is 0 Å². The second-order valence-corrected chi connectivity index (χ2v) is 11.5. The van der Waals surface area contributed by atoms with Gasteiger partial charge in [0.05, 0.1) is 17.6 Å². The monoisotopic (exact) mass is 503 g/mol. The van der Waals surface area contributed by atoms with Crippen LogP contribution in [0.5, 0.6) is 0 Å². The Morgan fingerprint density at radius 3 is 2.32 bits per heavy atom. The number of benzene rings is 2. The zero-order valence-corrected chi connectivity index (χ0v) is 23.4. The summed E-state index contributed by atoms with van der Waals surface area (Å²) in [6, 6.07) is 17.0. The lowest BCUT2D eigenvalue weighted by Crippen LogP contribution is -2.44. The van der Waals surface area contributed by atoms with Gasteiger partial charge in [0.15, 0.2) is 0 Å². The number of imidazole rings is 1. The van der Waals surface area contributed by atoms with E-state index in [4.69, 9.17) is 4.98 Å². The highest BCUT2D eigenvalue weighted by Crippen LogP contribution is 2.28. The highest BCUT2D eigenvalue weighted by Gasteiger charge is 2.28. The summed E-state index contributed by atoms with van der Waals surface area (Å²) in [5, 5.41) is 3.24. The van der Waals surface area contributed by atoms with Crippen LogP contribution in [0.25, 0.3) is 11.0 Å². The van der Waals surface area contributed by atoms with Crippen molar-refractivity contribution in [3.63, 3.8) is 0 Å². The molecule has 0 aliphatic carbocycles. The zero-order valence-electron chi connectivity index (χ0n) is 23.4. The summed E-state index contributed by atoms with van der Waals surface area (Å²) < 4.78 is 2.34. The number of aromatic nitrogens is 2. The molecule has 2 aromatic carbocycles. The minimum Gasteiger partial charge on any atom is -0.355 e. The number of piperidine rings is 1. The Bertz CT molecular complexity index is 1150. The molecule has 1 aliphatic rings. The summed E-state index contributed by atoms with van der Waals surface area (Å²) in [7, 11) is 0. The van der Waals surface area contributed by atoms with E-state index in [1.54, 1.807) is 0 Å². The van der Waals surface area contributed by atoms with Gasteiger partial charge >= 0.3 is 0 Å². The van der Waals surface area contributed by atoms with Crippen molar-refractivity contribution in [2.75, 3.05) is 44.2 Å². The SMILES string of the molecule is Cc1ccccc1Cn1c(N2CCC(C(=O)NCCN(CC(C)C)CC(C)C)CC2)nc2ccccc21. The fourth-order valence-electron chi connectivity index (χ4n) is 5.53. The number of carbonyl (C=O) groups excluding carboxylic acids is 1. The molecule has 1 saturated heterocycles. The molecule has 0 radical (unpaired) electrons. The molecule has 0 unspecified atom stereocenters. The van der Waals surface area contributed by atoms with Crippen LogP contribution in [0.15, 0.2) is 48.5 Å². The third-order valence-corrected chi connectivity index (χ3v) is 7.35. The topological polar surface area (TPSA) is 53.4 Å². The van der Waals surface area contributed by atoms with Gasteiger partial charge in [-0.3, -0.25) is 4.79 Å². The number of aryl methyl sites for hydroxylation is 1. The molecule has 37 heavy (non-hydrogen) atoms. The first-order chi connectivity index (χ1) is 17.8. The second kappa shape index (κ2) is 12.6. The molecule has 0 spiro atoms. The van der Waals surface area contributed by atoms with Gasteiger partial charge in [-0.05, 0) is 54.9 Å². The first-order valence-electron chi connectivity index (χ1n) is 14.1. The lowest BCUT2D eigenvalue weighted by atomic mass is 9.96. The third kappa shape index (κ3) is 7.13. The third-order valence-electron chi connectivity index (χ3n) is 7.35. The average Bonchev–Trinajstić information content (AvgIpc) is 3.23. The molecule has 6 heteroatoms. The fraction of sp³-hybridized carbons (Fsp3) is 0.548. The van der Waals surface area contributed by atoms with Crippen molar-refractivity contribution in [3.05, 3.63) is 59.7 Å². The van der Waals surface area contributed by atoms with Crippen LogP contribution < -0.4 is 10.2 Å². The molecule has 1 N–H and O–H groups in total. The lowest BCUT2D eigenvalue weighted by molar-refractivity contribution is -0.125. The van der Waals surface area contributed by atoms with E-state index < -0.39 is 0 Å². The maximum Gasteiger partial charge on any atom is 0.223 e. The van der Waals surface area contributed by atoms with Crippen LogP contribution in [0, 0.1) is 24.7 Å². The van der Waals surface area contributed by atoms with E-state index in [1.807, 2.05) is 0 Å². The first kappa shape index (κ1) is 27.2. The number of hydrogen-bond donors (Lipinski definition) is 1. The maximum absolute atomic E-state index is 13.0. The van der Waals surface area contributed by atoms with Crippen molar-refractivity contribution in [1.82, 2.24) is 19.8 Å². The molecule has 1 fully saturated rings. The summed E-state index contributed by atoms with van der Waals surface area (Å²) in [5.41, 5.74) is 4.79. The minimum atomic E-state index is 0.0779. The van der Waals surface area contributed by atoms with Gasteiger partial charge in [-0.2, -0.15) is 0 Å². The molecule has 1 amide bonds. The lowest BCUT2D eigenvalue weighted by Gasteiger charge is -2.33. The van der Waals surface area contributed by atoms with Crippen molar-refractivity contribution in [3.8, 4) is 0 Å². The van der Waals surface area contributed by atoms with E-state index in [9.17, 15) is 4.79 Å². The van der Waals surface area contributed by atoms with Crippen LogP contribution in [-0.2, 0) is 11.3 Å². The van der Waals surface area contributed by atoms with Crippen LogP contribution in [0.4, 0.5) is 5.95 Å². The largest absolute Gasteiger partial charge is 0.355 e. The van der Waals surface area contributed by atoms with Crippen molar-refractivity contribution >= 4 is 22.9 Å². The van der Waals surface area contributed by atoms with E-state index in [0.717, 1.165) is 75.6 Å². The van der Waals surface area contributed by atoms with Crippen LogP contribution in [0.3, 0.4) is 0 Å². The van der Waals surface area contributed by atoms with Gasteiger partial charge < -0.3 is 19.7 Å². The van der Waals surface area contributed by atoms with Crippen LogP contribution in [0.1, 0.15) is 51.7 Å². The average molecular weight is 504 g/mol. The van der Waals surface area contributed by atoms with E-state index in [1.165, 1.54) is 11.1 Å². The molecular formula is C31H45N5O. The van der Waals surface area contributed by atoms with Crippen LogP contribution in [0.2, 0.25) is 0 Å². The van der Waals surface area contributed by atoms with Crippen LogP contribution >= 0.6 is 0 Å². The summed E-state index contributed by atoms with van der Waals surface area (Å²) in [4.78, 5) is 22.9. The predicted molar refractivity (Wildman–Crippen MR) is 154 cm³/mol. The number of fused-ring (bicyclic) bond motifs is 1. The fourth-order valence-corrected chi connectivity index (χ4v) is 5.53. The molecule has 1 aliphatic heterocycles. The number of nitrogens with one attached hydrogen (secondary N) is 1. The number of para-hydroxylation sites is 2. The van der Waals surface area contributed by atoms with Gasteiger partial charge in [0.2, 0.25) is 11.9 Å². The minimum absolute atomic E-state index is 0.0779. The second-order valence-electron chi connectivity index (χ2n) is 11.5. The Hall–Kier alpha value is -2.86. The van der Waals surface area contributed by atoms with Gasteiger partial charge in [-0.15, -0.1) is 0 Å². The van der Waals surface area contributed by atoms with E-state index in [2.05, 4.69) is 103 Å². The van der Waals surface area contributed by atoms with E-state index in [0.29, 0.717) is 11.8 Å². The van der Waals surface area contributed by atoms with E-state index >= 15 is 0 Å². The molecule has 1 aromatic heterocycles. The Kier molecular flexibility index (Phi) is 9.25. The van der Waals surface area contributed by atoms with Gasteiger partial charge in [-0.1, -0.05) is 64.1 Å². The quantitative estimate of drug-likeness (QED) is 0.384. The highest BCUT2D eigenvalue weighted by atomic mass is 16.1. The Morgan fingerprint density at radius 1 is 1.00 bits per heavy atom. The molecule has 4 rings (SSSR count). The Morgan fingerprint density at radius 2 is 1.65 bits per heavy atom. The first-order valence-corrected chi connectivity index (χ1v) is 14.1. The van der Waals surface area contributed by atoms with E-state index in [-0.39, 0.29) is 11.8 Å². The molecule has 0 saturated carbocycles. The van der Waals surface area contributed by atoms with Crippen molar-refractivity contribution in [2.45, 2.75) is 54.0 Å².